The highest BCUT2D eigenvalue weighted by atomic mass is 19.4. The molecule has 0 rings (SSSR count). The van der Waals surface area contributed by atoms with Gasteiger partial charge in [0.2, 0.25) is 0 Å². The molecule has 0 aromatic carbocycles. The Morgan fingerprint density at radius 2 is 0.947 bits per heavy atom. The maximum absolute atomic E-state index is 13.2. The number of rotatable bonds is 8. The normalized spacial score (nSPS) is 13.9. The number of alkyl halides is 7. The molecular weight excluding hydrogens is 277 g/mol. The molecule has 0 fully saturated rings. The predicted octanol–water partition coefficient (Wildman–Crippen LogP) is 5.96. The van der Waals surface area contributed by atoms with Gasteiger partial charge >= 0.3 is 12.4 Å². The Labute approximate surface area is 108 Å². The standard InChI is InChI=1S/C12H19F7/c1-2-3-4-5-6-7-8-9-10(13,11(14,15)16)12(17,18)19/h2-9H2,1H3. The quantitative estimate of drug-likeness (QED) is 0.383. The van der Waals surface area contributed by atoms with Gasteiger partial charge in [0.1, 0.15) is 0 Å². The van der Waals surface area contributed by atoms with E-state index >= 15 is 0 Å². The summed E-state index contributed by atoms with van der Waals surface area (Å²) in [6.45, 7) is 1.99. The molecule has 0 saturated heterocycles. The SMILES string of the molecule is CCCCCCCCCC(F)(C(F)(F)F)C(F)(F)F. The van der Waals surface area contributed by atoms with Crippen molar-refractivity contribution >= 4 is 0 Å². The fraction of sp³-hybridized carbons (Fsp3) is 1.00. The van der Waals surface area contributed by atoms with Crippen LogP contribution in [0.3, 0.4) is 0 Å². The largest absolute Gasteiger partial charge is 0.431 e. The number of halogens is 7. The molecule has 0 bridgehead atoms. The van der Waals surface area contributed by atoms with E-state index in [1.807, 2.05) is 6.92 Å². The van der Waals surface area contributed by atoms with Gasteiger partial charge < -0.3 is 0 Å². The summed E-state index contributed by atoms with van der Waals surface area (Å²) in [6, 6.07) is 0. The summed E-state index contributed by atoms with van der Waals surface area (Å²) in [5, 5.41) is 0. The highest BCUT2D eigenvalue weighted by Gasteiger charge is 2.71. The van der Waals surface area contributed by atoms with Crippen LogP contribution in [-0.2, 0) is 0 Å². The minimum atomic E-state index is -5.91. The molecule has 0 nitrogen and oxygen atoms in total. The molecule has 116 valence electrons. The predicted molar refractivity (Wildman–Crippen MR) is 58.6 cm³/mol. The van der Waals surface area contributed by atoms with Crippen molar-refractivity contribution in [2.75, 3.05) is 0 Å². The zero-order valence-electron chi connectivity index (χ0n) is 10.8. The molecule has 0 aliphatic rings. The van der Waals surface area contributed by atoms with Crippen LogP contribution in [0.15, 0.2) is 0 Å². The van der Waals surface area contributed by atoms with Crippen molar-refractivity contribution in [3.63, 3.8) is 0 Å². The Balaban J connectivity index is 4.18. The average Bonchev–Trinajstić information content (AvgIpc) is 2.24. The summed E-state index contributed by atoms with van der Waals surface area (Å²) >= 11 is 0. The summed E-state index contributed by atoms with van der Waals surface area (Å²) < 4.78 is 86.3. The molecule has 0 aliphatic carbocycles. The molecule has 0 N–H and O–H groups in total. The van der Waals surface area contributed by atoms with Gasteiger partial charge in [0.05, 0.1) is 0 Å². The van der Waals surface area contributed by atoms with E-state index in [0.29, 0.717) is 6.42 Å². The Morgan fingerprint density at radius 1 is 0.579 bits per heavy atom. The zero-order valence-corrected chi connectivity index (χ0v) is 10.8. The van der Waals surface area contributed by atoms with Gasteiger partial charge in [0.25, 0.3) is 5.67 Å². The van der Waals surface area contributed by atoms with E-state index in [9.17, 15) is 30.7 Å². The van der Waals surface area contributed by atoms with Crippen LogP contribution in [0.2, 0.25) is 0 Å². The van der Waals surface area contributed by atoms with E-state index in [4.69, 9.17) is 0 Å². The van der Waals surface area contributed by atoms with Crippen LogP contribution in [0.1, 0.15) is 58.3 Å². The first kappa shape index (κ1) is 18.5. The molecule has 0 aromatic heterocycles. The summed E-state index contributed by atoms with van der Waals surface area (Å²) in [4.78, 5) is 0. The van der Waals surface area contributed by atoms with Crippen LogP contribution in [0.25, 0.3) is 0 Å². The van der Waals surface area contributed by atoms with Crippen molar-refractivity contribution in [1.82, 2.24) is 0 Å². The van der Waals surface area contributed by atoms with Crippen LogP contribution in [0.4, 0.5) is 30.7 Å². The van der Waals surface area contributed by atoms with Crippen molar-refractivity contribution in [2.24, 2.45) is 0 Å². The van der Waals surface area contributed by atoms with Crippen LogP contribution < -0.4 is 0 Å². The van der Waals surface area contributed by atoms with Crippen molar-refractivity contribution in [3.8, 4) is 0 Å². The van der Waals surface area contributed by atoms with E-state index in [1.54, 1.807) is 0 Å². The van der Waals surface area contributed by atoms with Gasteiger partial charge in [-0.1, -0.05) is 45.4 Å². The first-order chi connectivity index (χ1) is 8.56. The minimum Gasteiger partial charge on any atom is -0.224 e. The van der Waals surface area contributed by atoms with E-state index in [-0.39, 0.29) is 6.42 Å². The molecule has 0 spiro atoms. The van der Waals surface area contributed by atoms with Crippen LogP contribution in [0, 0.1) is 0 Å². The summed E-state index contributed by atoms with van der Waals surface area (Å²) in [5.74, 6) is 0. The second-order valence-corrected chi connectivity index (χ2v) is 4.67. The van der Waals surface area contributed by atoms with Crippen LogP contribution >= 0.6 is 0 Å². The maximum Gasteiger partial charge on any atom is 0.431 e. The lowest BCUT2D eigenvalue weighted by Crippen LogP contribution is -2.53. The lowest BCUT2D eigenvalue weighted by molar-refractivity contribution is -0.343. The number of hydrogen-bond acceptors (Lipinski definition) is 0. The summed E-state index contributed by atoms with van der Waals surface area (Å²) in [6.07, 6.45) is -9.43. The van der Waals surface area contributed by atoms with Crippen molar-refractivity contribution in [2.45, 2.75) is 76.3 Å². The third-order valence-electron chi connectivity index (χ3n) is 3.02. The van der Waals surface area contributed by atoms with Gasteiger partial charge in [-0.25, -0.2) is 4.39 Å². The molecule has 0 aliphatic heterocycles. The van der Waals surface area contributed by atoms with Crippen LogP contribution in [0.5, 0.6) is 0 Å². The highest BCUT2D eigenvalue weighted by Crippen LogP contribution is 2.49. The van der Waals surface area contributed by atoms with Crippen molar-refractivity contribution in [1.29, 1.82) is 0 Å². The van der Waals surface area contributed by atoms with Crippen molar-refractivity contribution < 1.29 is 30.7 Å². The molecule has 0 atom stereocenters. The average molecular weight is 296 g/mol. The van der Waals surface area contributed by atoms with Crippen molar-refractivity contribution in [3.05, 3.63) is 0 Å². The van der Waals surface area contributed by atoms with Gasteiger partial charge in [-0.05, 0) is 12.8 Å². The van der Waals surface area contributed by atoms with E-state index < -0.39 is 30.9 Å². The smallest absolute Gasteiger partial charge is 0.224 e. The van der Waals surface area contributed by atoms with Gasteiger partial charge in [-0.3, -0.25) is 0 Å². The Hall–Kier alpha value is -0.490. The Bertz CT molecular complexity index is 227. The molecule has 0 unspecified atom stereocenters. The van der Waals surface area contributed by atoms with Gasteiger partial charge in [-0.2, -0.15) is 26.3 Å². The summed E-state index contributed by atoms with van der Waals surface area (Å²) in [5.41, 5.74) is -5.08. The van der Waals surface area contributed by atoms with Gasteiger partial charge in [-0.15, -0.1) is 0 Å². The Morgan fingerprint density at radius 3 is 1.32 bits per heavy atom. The minimum absolute atomic E-state index is 0.182. The van der Waals surface area contributed by atoms with Gasteiger partial charge in [0.15, 0.2) is 0 Å². The zero-order chi connectivity index (χ0) is 15.2. The Kier molecular flexibility index (Phi) is 7.15. The first-order valence-corrected chi connectivity index (χ1v) is 6.38. The lowest BCUT2D eigenvalue weighted by atomic mass is 9.96. The molecule has 0 saturated carbocycles. The molecular formula is C12H19F7. The van der Waals surface area contributed by atoms with Gasteiger partial charge in [0, 0.05) is 0 Å². The number of unbranched alkanes of at least 4 members (excludes halogenated alkanes) is 6. The summed E-state index contributed by atoms with van der Waals surface area (Å²) in [7, 11) is 0. The second-order valence-electron chi connectivity index (χ2n) is 4.67. The monoisotopic (exact) mass is 296 g/mol. The van der Waals surface area contributed by atoms with E-state index in [1.165, 1.54) is 0 Å². The van der Waals surface area contributed by atoms with E-state index in [0.717, 1.165) is 25.7 Å². The third-order valence-corrected chi connectivity index (χ3v) is 3.02. The fourth-order valence-electron chi connectivity index (χ4n) is 1.77. The maximum atomic E-state index is 13.2. The molecule has 19 heavy (non-hydrogen) atoms. The second kappa shape index (κ2) is 7.33. The lowest BCUT2D eigenvalue weighted by Gasteiger charge is -2.29. The molecule has 7 heteroatoms. The van der Waals surface area contributed by atoms with E-state index in [2.05, 4.69) is 0 Å². The topological polar surface area (TPSA) is 0 Å². The number of hydrogen-bond donors (Lipinski definition) is 0. The van der Waals surface area contributed by atoms with Crippen LogP contribution in [-0.4, -0.2) is 18.0 Å². The highest BCUT2D eigenvalue weighted by molar-refractivity contribution is 4.94. The molecule has 0 radical (unpaired) electrons. The molecule has 0 amide bonds. The fourth-order valence-corrected chi connectivity index (χ4v) is 1.77. The third kappa shape index (κ3) is 5.57. The first-order valence-electron chi connectivity index (χ1n) is 6.38. The molecule has 0 aromatic rings. The molecule has 0 heterocycles.